The van der Waals surface area contributed by atoms with Crippen molar-refractivity contribution < 1.29 is 5.11 Å². The van der Waals surface area contributed by atoms with E-state index in [0.29, 0.717) is 24.6 Å². The van der Waals surface area contributed by atoms with Crippen LogP contribution in [0.1, 0.15) is 50.6 Å². The maximum absolute atomic E-state index is 9.76. The number of rotatable bonds is 4. The summed E-state index contributed by atoms with van der Waals surface area (Å²) >= 11 is 0. The van der Waals surface area contributed by atoms with Crippen LogP contribution in [0.5, 0.6) is 0 Å². The second kappa shape index (κ2) is 6.28. The Morgan fingerprint density at radius 1 is 1.20 bits per heavy atom. The second-order valence-corrected chi connectivity index (χ2v) is 6.80. The van der Waals surface area contributed by atoms with Crippen molar-refractivity contribution in [1.82, 2.24) is 5.32 Å². The summed E-state index contributed by atoms with van der Waals surface area (Å²) in [5.74, 6) is 2.09. The van der Waals surface area contributed by atoms with Crippen molar-refractivity contribution >= 4 is 0 Å². The zero-order chi connectivity index (χ0) is 13.9. The fourth-order valence-electron chi connectivity index (χ4n) is 4.42. The van der Waals surface area contributed by atoms with Crippen molar-refractivity contribution in [2.24, 2.45) is 17.8 Å². The Labute approximate surface area is 122 Å². The number of aliphatic hydroxyl groups is 1. The van der Waals surface area contributed by atoms with Crippen LogP contribution >= 0.6 is 0 Å². The Hall–Kier alpha value is -0.860. The summed E-state index contributed by atoms with van der Waals surface area (Å²) in [6, 6.07) is 11.5. The lowest BCUT2D eigenvalue weighted by Gasteiger charge is -2.46. The van der Waals surface area contributed by atoms with Gasteiger partial charge in [-0.2, -0.15) is 0 Å². The number of aliphatic hydroxyl groups excluding tert-OH is 1. The first-order valence-electron chi connectivity index (χ1n) is 8.19. The summed E-state index contributed by atoms with van der Waals surface area (Å²) in [5.41, 5.74) is 1.35. The highest BCUT2D eigenvalue weighted by Gasteiger charge is 2.39. The molecule has 0 saturated heterocycles. The van der Waals surface area contributed by atoms with Crippen molar-refractivity contribution in [2.75, 3.05) is 6.61 Å². The van der Waals surface area contributed by atoms with Gasteiger partial charge in [-0.1, -0.05) is 43.2 Å². The number of nitrogens with one attached hydrogen (secondary N) is 1. The average Bonchev–Trinajstić information content (AvgIpc) is 2.51. The molecule has 2 fully saturated rings. The molecular formula is C18H27NO. The molecule has 0 aliphatic heterocycles. The molecule has 0 radical (unpaired) electrons. The van der Waals surface area contributed by atoms with Gasteiger partial charge in [-0.05, 0) is 49.5 Å². The quantitative estimate of drug-likeness (QED) is 0.879. The van der Waals surface area contributed by atoms with Crippen molar-refractivity contribution in [1.29, 1.82) is 0 Å². The number of hydrogen-bond acceptors (Lipinski definition) is 2. The summed E-state index contributed by atoms with van der Waals surface area (Å²) in [5, 5.41) is 13.6. The van der Waals surface area contributed by atoms with Gasteiger partial charge in [0.05, 0.1) is 0 Å². The highest BCUT2D eigenvalue weighted by atomic mass is 16.3. The second-order valence-electron chi connectivity index (χ2n) is 6.80. The number of benzene rings is 1. The van der Waals surface area contributed by atoms with Gasteiger partial charge in [-0.25, -0.2) is 0 Å². The molecule has 5 atom stereocenters. The highest BCUT2D eigenvalue weighted by molar-refractivity contribution is 5.18. The third-order valence-electron chi connectivity index (χ3n) is 5.45. The standard InChI is InChI=1S/C18H27NO/c1-13(15-7-3-2-4-8-15)19-18-16-9-5-6-14(10-16)11-17(18)12-20/h2-4,7-8,13-14,16-20H,5-6,9-12H2,1H3/t13-,14?,16?,17?,18+/m0/s1. The Bertz CT molecular complexity index is 417. The molecule has 0 amide bonds. The van der Waals surface area contributed by atoms with Gasteiger partial charge in [0.2, 0.25) is 0 Å². The molecule has 2 aliphatic rings. The zero-order valence-electron chi connectivity index (χ0n) is 12.5. The third-order valence-corrected chi connectivity index (χ3v) is 5.45. The number of fused-ring (bicyclic) bond motifs is 2. The lowest BCUT2D eigenvalue weighted by atomic mass is 9.65. The summed E-state index contributed by atoms with van der Waals surface area (Å²) in [6.07, 6.45) is 6.69. The fraction of sp³-hybridized carbons (Fsp3) is 0.667. The van der Waals surface area contributed by atoms with Gasteiger partial charge in [0.15, 0.2) is 0 Å². The molecule has 3 unspecified atom stereocenters. The predicted molar refractivity (Wildman–Crippen MR) is 82.4 cm³/mol. The van der Waals surface area contributed by atoms with Crippen LogP contribution in [-0.2, 0) is 0 Å². The van der Waals surface area contributed by atoms with Crippen LogP contribution < -0.4 is 5.32 Å². The van der Waals surface area contributed by atoms with E-state index in [1.807, 2.05) is 0 Å². The summed E-state index contributed by atoms with van der Waals surface area (Å²) in [4.78, 5) is 0. The summed E-state index contributed by atoms with van der Waals surface area (Å²) in [6.45, 7) is 2.59. The van der Waals surface area contributed by atoms with Gasteiger partial charge >= 0.3 is 0 Å². The molecule has 3 rings (SSSR count). The topological polar surface area (TPSA) is 32.3 Å². The van der Waals surface area contributed by atoms with E-state index in [-0.39, 0.29) is 0 Å². The highest BCUT2D eigenvalue weighted by Crippen LogP contribution is 2.43. The van der Waals surface area contributed by atoms with E-state index < -0.39 is 0 Å². The van der Waals surface area contributed by atoms with Crippen LogP contribution in [0.3, 0.4) is 0 Å². The monoisotopic (exact) mass is 273 g/mol. The smallest absolute Gasteiger partial charge is 0.0474 e. The first kappa shape index (κ1) is 14.1. The molecule has 0 heterocycles. The van der Waals surface area contributed by atoms with Crippen LogP contribution in [-0.4, -0.2) is 17.8 Å². The minimum absolute atomic E-state index is 0.339. The minimum atomic E-state index is 0.339. The van der Waals surface area contributed by atoms with Crippen LogP contribution in [0.4, 0.5) is 0 Å². The Balaban J connectivity index is 1.70. The molecule has 1 aromatic rings. The van der Waals surface area contributed by atoms with Gasteiger partial charge in [0, 0.05) is 18.7 Å². The largest absolute Gasteiger partial charge is 0.396 e. The maximum atomic E-state index is 9.76. The first-order valence-corrected chi connectivity index (χ1v) is 8.19. The summed E-state index contributed by atoms with van der Waals surface area (Å²) in [7, 11) is 0. The fourth-order valence-corrected chi connectivity index (χ4v) is 4.42. The lowest BCUT2D eigenvalue weighted by molar-refractivity contribution is 0.0481. The molecule has 2 N–H and O–H groups in total. The molecule has 2 saturated carbocycles. The van der Waals surface area contributed by atoms with Gasteiger partial charge in [0.1, 0.15) is 0 Å². The van der Waals surface area contributed by atoms with Gasteiger partial charge in [-0.3, -0.25) is 0 Å². The van der Waals surface area contributed by atoms with E-state index in [2.05, 4.69) is 42.6 Å². The SMILES string of the molecule is C[C@H](N[C@H]1C(CO)CC2CCCC1C2)c1ccccc1. The Morgan fingerprint density at radius 2 is 2.00 bits per heavy atom. The molecule has 1 aromatic carbocycles. The average molecular weight is 273 g/mol. The lowest BCUT2D eigenvalue weighted by Crippen LogP contribution is -2.50. The molecule has 2 aliphatic carbocycles. The van der Waals surface area contributed by atoms with Gasteiger partial charge in [-0.15, -0.1) is 0 Å². The van der Waals surface area contributed by atoms with Crippen molar-refractivity contribution in [3.05, 3.63) is 35.9 Å². The summed E-state index contributed by atoms with van der Waals surface area (Å²) < 4.78 is 0. The van der Waals surface area contributed by atoms with E-state index in [9.17, 15) is 5.11 Å². The van der Waals surface area contributed by atoms with E-state index in [0.717, 1.165) is 11.8 Å². The van der Waals surface area contributed by atoms with Crippen molar-refractivity contribution in [2.45, 2.75) is 51.1 Å². The van der Waals surface area contributed by atoms with E-state index in [1.54, 1.807) is 0 Å². The zero-order valence-corrected chi connectivity index (χ0v) is 12.5. The molecule has 0 aromatic heterocycles. The van der Waals surface area contributed by atoms with Gasteiger partial charge < -0.3 is 10.4 Å². The van der Waals surface area contributed by atoms with Crippen LogP contribution in [0.15, 0.2) is 30.3 Å². The minimum Gasteiger partial charge on any atom is -0.396 e. The van der Waals surface area contributed by atoms with Gasteiger partial charge in [0.25, 0.3) is 0 Å². The number of hydrogen-bond donors (Lipinski definition) is 2. The molecule has 2 nitrogen and oxygen atoms in total. The predicted octanol–water partition coefficient (Wildman–Crippen LogP) is 3.52. The molecule has 2 bridgehead atoms. The van der Waals surface area contributed by atoms with E-state index in [1.165, 1.54) is 37.7 Å². The Morgan fingerprint density at radius 3 is 2.75 bits per heavy atom. The van der Waals surface area contributed by atoms with Crippen molar-refractivity contribution in [3.63, 3.8) is 0 Å². The molecular weight excluding hydrogens is 246 g/mol. The van der Waals surface area contributed by atoms with E-state index >= 15 is 0 Å². The first-order chi connectivity index (χ1) is 9.78. The molecule has 110 valence electrons. The normalized spacial score (nSPS) is 34.7. The molecule has 0 spiro atoms. The van der Waals surface area contributed by atoms with Crippen LogP contribution in [0.2, 0.25) is 0 Å². The maximum Gasteiger partial charge on any atom is 0.0474 e. The third kappa shape index (κ3) is 2.91. The molecule has 20 heavy (non-hydrogen) atoms. The Kier molecular flexibility index (Phi) is 4.42. The van der Waals surface area contributed by atoms with E-state index in [4.69, 9.17) is 0 Å². The van der Waals surface area contributed by atoms with Crippen molar-refractivity contribution in [3.8, 4) is 0 Å². The molecule has 2 heteroatoms. The van der Waals surface area contributed by atoms with Crippen LogP contribution in [0.25, 0.3) is 0 Å². The van der Waals surface area contributed by atoms with Crippen LogP contribution in [0, 0.1) is 17.8 Å².